The van der Waals surface area contributed by atoms with E-state index in [0.717, 1.165) is 5.56 Å². The van der Waals surface area contributed by atoms with Crippen molar-refractivity contribution in [3.05, 3.63) is 29.8 Å². The molecule has 3 unspecified atom stereocenters. The molecule has 0 saturated carbocycles. The number of nitrogens with one attached hydrogen (secondary N) is 2. The van der Waals surface area contributed by atoms with Crippen LogP contribution in [0.5, 0.6) is 5.75 Å². The zero-order chi connectivity index (χ0) is 22.1. The van der Waals surface area contributed by atoms with Gasteiger partial charge in [0.2, 0.25) is 11.8 Å². The van der Waals surface area contributed by atoms with Crippen molar-refractivity contribution >= 4 is 17.9 Å². The molecule has 0 aromatic heterocycles. The minimum Gasteiger partial charge on any atom is -0.497 e. The number of carbonyl (C=O) groups excluding carboxylic acids is 2. The van der Waals surface area contributed by atoms with Crippen molar-refractivity contribution in [2.75, 3.05) is 14.2 Å². The van der Waals surface area contributed by atoms with Crippen molar-refractivity contribution in [2.45, 2.75) is 45.7 Å². The van der Waals surface area contributed by atoms with E-state index in [9.17, 15) is 19.6 Å². The van der Waals surface area contributed by atoms with Gasteiger partial charge in [-0.25, -0.2) is 4.79 Å². The van der Waals surface area contributed by atoms with E-state index in [1.807, 2.05) is 13.8 Å². The third kappa shape index (κ3) is 7.26. The Bertz CT molecular complexity index is 692. The number of carbonyl (C=O) groups is 3. The lowest BCUT2D eigenvalue weighted by Gasteiger charge is -2.30. The van der Waals surface area contributed by atoms with Crippen LogP contribution in [-0.2, 0) is 16.0 Å². The second-order valence-corrected chi connectivity index (χ2v) is 7.33. The van der Waals surface area contributed by atoms with Crippen molar-refractivity contribution in [3.8, 4) is 5.75 Å². The fourth-order valence-corrected chi connectivity index (χ4v) is 3.04. The van der Waals surface area contributed by atoms with E-state index in [-0.39, 0.29) is 23.3 Å². The number of hydrogen-bond donors (Lipinski definition) is 4. The second-order valence-electron chi connectivity index (χ2n) is 7.33. The van der Waals surface area contributed by atoms with Gasteiger partial charge in [-0.3, -0.25) is 14.8 Å². The molecule has 0 spiro atoms. The molecule has 162 valence electrons. The number of carboxylic acid groups (broad SMARTS) is 1. The maximum atomic E-state index is 12.9. The maximum Gasteiger partial charge on any atom is 0.431 e. The lowest BCUT2D eigenvalue weighted by Crippen LogP contribution is -2.52. The summed E-state index contributed by atoms with van der Waals surface area (Å²) in [4.78, 5) is 36.3. The Morgan fingerprint density at radius 1 is 1.10 bits per heavy atom. The molecule has 0 heterocycles. The lowest BCUT2D eigenvalue weighted by molar-refractivity contribution is -0.141. The summed E-state index contributed by atoms with van der Waals surface area (Å²) in [6.45, 7) is 5.24. The monoisotopic (exact) mass is 409 g/mol. The average molecular weight is 409 g/mol. The van der Waals surface area contributed by atoms with Crippen LogP contribution in [0.4, 0.5) is 4.79 Å². The largest absolute Gasteiger partial charge is 0.497 e. The van der Waals surface area contributed by atoms with Gasteiger partial charge >= 0.3 is 6.09 Å². The lowest BCUT2D eigenvalue weighted by atomic mass is 9.89. The molecule has 29 heavy (non-hydrogen) atoms. The van der Waals surface area contributed by atoms with Crippen LogP contribution in [0, 0.1) is 11.8 Å². The van der Waals surface area contributed by atoms with Gasteiger partial charge in [0.05, 0.1) is 19.1 Å². The highest BCUT2D eigenvalue weighted by Gasteiger charge is 2.34. The summed E-state index contributed by atoms with van der Waals surface area (Å²) in [6, 6.07) is 5.31. The van der Waals surface area contributed by atoms with Gasteiger partial charge in [-0.1, -0.05) is 26.0 Å². The molecule has 1 aromatic carbocycles. The molecule has 9 nitrogen and oxygen atoms in total. The number of likely N-dealkylation sites (N-methyl/N-ethyl adjacent to an activating group) is 1. The van der Waals surface area contributed by atoms with Crippen LogP contribution < -0.4 is 15.4 Å². The molecule has 4 N–H and O–H groups in total. The Kier molecular flexibility index (Phi) is 9.40. The number of benzene rings is 1. The molecule has 0 aliphatic carbocycles. The Balaban J connectivity index is 3.01. The zero-order valence-electron chi connectivity index (χ0n) is 17.5. The number of nitrogens with zero attached hydrogens (tertiary/aromatic N) is 1. The van der Waals surface area contributed by atoms with Gasteiger partial charge in [-0.15, -0.1) is 0 Å². The quantitative estimate of drug-likeness (QED) is 0.345. The third-order valence-corrected chi connectivity index (χ3v) is 4.70. The van der Waals surface area contributed by atoms with Crippen LogP contribution in [0.3, 0.4) is 0 Å². The predicted molar refractivity (Wildman–Crippen MR) is 107 cm³/mol. The highest BCUT2D eigenvalue weighted by Crippen LogP contribution is 2.20. The third-order valence-electron chi connectivity index (χ3n) is 4.70. The van der Waals surface area contributed by atoms with E-state index in [2.05, 4.69) is 10.6 Å². The summed E-state index contributed by atoms with van der Waals surface area (Å²) < 4.78 is 5.12. The fraction of sp³-hybridized carbons (Fsp3) is 0.550. The average Bonchev–Trinajstić information content (AvgIpc) is 2.69. The topological polar surface area (TPSA) is 128 Å². The first-order chi connectivity index (χ1) is 13.6. The molecule has 0 aliphatic rings. The summed E-state index contributed by atoms with van der Waals surface area (Å²) in [5.74, 6) is -0.927. The van der Waals surface area contributed by atoms with E-state index in [4.69, 9.17) is 9.84 Å². The summed E-state index contributed by atoms with van der Waals surface area (Å²) in [6.07, 6.45) is -0.944. The van der Waals surface area contributed by atoms with Gasteiger partial charge in [0, 0.05) is 13.5 Å². The van der Waals surface area contributed by atoms with Gasteiger partial charge in [-0.05, 0) is 37.0 Å². The second kappa shape index (κ2) is 11.3. The van der Waals surface area contributed by atoms with Gasteiger partial charge in [0.1, 0.15) is 11.8 Å². The van der Waals surface area contributed by atoms with Crippen LogP contribution in [0.25, 0.3) is 0 Å². The minimum atomic E-state index is -1.54. The molecule has 0 radical (unpaired) electrons. The summed E-state index contributed by atoms with van der Waals surface area (Å²) in [7, 11) is 3.03. The van der Waals surface area contributed by atoms with Crippen molar-refractivity contribution in [3.63, 3.8) is 0 Å². The summed E-state index contributed by atoms with van der Waals surface area (Å²) in [5, 5.41) is 24.2. The first kappa shape index (κ1) is 24.2. The number of hydroxylamine groups is 2. The first-order valence-corrected chi connectivity index (χ1v) is 9.46. The zero-order valence-corrected chi connectivity index (χ0v) is 17.5. The Hall–Kier alpha value is -2.81. The number of rotatable bonds is 10. The molecule has 3 amide bonds. The Labute approximate surface area is 171 Å². The predicted octanol–water partition coefficient (Wildman–Crippen LogP) is 1.89. The molecule has 0 bridgehead atoms. The van der Waals surface area contributed by atoms with Crippen molar-refractivity contribution in [1.82, 2.24) is 15.7 Å². The molecule has 0 saturated heterocycles. The van der Waals surface area contributed by atoms with Crippen molar-refractivity contribution < 1.29 is 29.4 Å². The normalized spacial score (nSPS) is 13.9. The highest BCUT2D eigenvalue weighted by atomic mass is 16.6. The molecule has 9 heteroatoms. The maximum absolute atomic E-state index is 12.9. The molecular weight excluding hydrogens is 378 g/mol. The minimum absolute atomic E-state index is 0.0791. The van der Waals surface area contributed by atoms with E-state index < -0.39 is 30.0 Å². The molecule has 0 aliphatic heterocycles. The van der Waals surface area contributed by atoms with E-state index in [0.29, 0.717) is 12.2 Å². The number of methoxy groups -OCH3 is 1. The molecule has 1 rings (SSSR count). The van der Waals surface area contributed by atoms with Gasteiger partial charge in [-0.2, -0.15) is 5.06 Å². The van der Waals surface area contributed by atoms with Crippen LogP contribution >= 0.6 is 0 Å². The highest BCUT2D eigenvalue weighted by molar-refractivity contribution is 5.89. The van der Waals surface area contributed by atoms with Gasteiger partial charge < -0.3 is 20.5 Å². The number of amides is 3. The molecule has 1 aromatic rings. The van der Waals surface area contributed by atoms with Crippen LogP contribution in [0.1, 0.15) is 32.8 Å². The molecular formula is C20H31N3O6. The summed E-state index contributed by atoms with van der Waals surface area (Å²) >= 11 is 0. The standard InChI is InChI=1S/C20H31N3O6/c1-12(2)10-16(13(3)23(28)20(26)27)18(24)22-17(19(25)21-4)11-14-6-8-15(29-5)9-7-14/h6-9,12-13,16-17,28H,10-11H2,1-5H3,(H,21,25)(H,22,24)(H,26,27). The van der Waals surface area contributed by atoms with Gasteiger partial charge in [0.15, 0.2) is 0 Å². The van der Waals surface area contributed by atoms with E-state index in [1.165, 1.54) is 14.0 Å². The van der Waals surface area contributed by atoms with E-state index in [1.54, 1.807) is 31.4 Å². The summed E-state index contributed by atoms with van der Waals surface area (Å²) in [5.41, 5.74) is 0.822. The van der Waals surface area contributed by atoms with E-state index >= 15 is 0 Å². The smallest absolute Gasteiger partial charge is 0.431 e. The number of hydrogen-bond acceptors (Lipinski definition) is 5. The molecule has 0 fully saturated rings. The van der Waals surface area contributed by atoms with Crippen LogP contribution in [-0.4, -0.2) is 59.5 Å². The van der Waals surface area contributed by atoms with Crippen LogP contribution in [0.15, 0.2) is 24.3 Å². The Morgan fingerprint density at radius 2 is 1.69 bits per heavy atom. The number of ether oxygens (including phenoxy) is 1. The Morgan fingerprint density at radius 3 is 2.14 bits per heavy atom. The SMILES string of the molecule is CNC(=O)C(Cc1ccc(OC)cc1)NC(=O)C(CC(C)C)C(C)N(O)C(=O)O. The molecule has 3 atom stereocenters. The van der Waals surface area contributed by atoms with Gasteiger partial charge in [0.25, 0.3) is 0 Å². The van der Waals surface area contributed by atoms with Crippen molar-refractivity contribution in [1.29, 1.82) is 0 Å². The first-order valence-electron chi connectivity index (χ1n) is 9.46. The van der Waals surface area contributed by atoms with Crippen molar-refractivity contribution in [2.24, 2.45) is 11.8 Å². The van der Waals surface area contributed by atoms with Crippen LogP contribution in [0.2, 0.25) is 0 Å². The fourth-order valence-electron chi connectivity index (χ4n) is 3.04.